The Morgan fingerprint density at radius 2 is 1.71 bits per heavy atom. The summed E-state index contributed by atoms with van der Waals surface area (Å²) in [7, 11) is 4.00. The maximum absolute atomic E-state index is 11.2. The molecule has 0 aliphatic rings. The van der Waals surface area contributed by atoms with Gasteiger partial charge in [-0.3, -0.25) is 9.59 Å². The van der Waals surface area contributed by atoms with Crippen molar-refractivity contribution in [3.63, 3.8) is 0 Å². The third-order valence-corrected chi connectivity index (χ3v) is 3.02. The van der Waals surface area contributed by atoms with Gasteiger partial charge in [0.15, 0.2) is 0 Å². The zero-order valence-electron chi connectivity index (χ0n) is 11.0. The summed E-state index contributed by atoms with van der Waals surface area (Å²) in [5.41, 5.74) is -0.137. The highest BCUT2D eigenvalue weighted by Gasteiger charge is 2.12. The van der Waals surface area contributed by atoms with Crippen molar-refractivity contribution in [2.75, 3.05) is 38.6 Å². The van der Waals surface area contributed by atoms with Crippen LogP contribution >= 0.6 is 0 Å². The largest absolute Gasteiger partial charge is 0.371 e. The van der Waals surface area contributed by atoms with Crippen molar-refractivity contribution in [2.45, 2.75) is 26.2 Å². The van der Waals surface area contributed by atoms with Gasteiger partial charge in [-0.1, -0.05) is 6.92 Å². The quantitative estimate of drug-likeness (QED) is 0.497. The first kappa shape index (κ1) is 13.9. The maximum Gasteiger partial charge on any atom is 0.249 e. The van der Waals surface area contributed by atoms with Crippen LogP contribution in [0.3, 0.4) is 0 Å². The molecule has 1 aromatic carbocycles. The van der Waals surface area contributed by atoms with Crippen LogP contribution in [0, 0.1) is 0 Å². The predicted molar refractivity (Wildman–Crippen MR) is 71.6 cm³/mol. The van der Waals surface area contributed by atoms with Gasteiger partial charge in [-0.25, -0.2) is 0 Å². The molecule has 17 heavy (non-hydrogen) atoms. The van der Waals surface area contributed by atoms with Gasteiger partial charge < -0.3 is 9.80 Å². The van der Waals surface area contributed by atoms with Crippen molar-refractivity contribution in [1.82, 2.24) is 4.90 Å². The summed E-state index contributed by atoms with van der Waals surface area (Å²) in [5.74, 6) is 0. The molecule has 1 rings (SSSR count). The Hall–Kier alpha value is -1.16. The maximum atomic E-state index is 11.2. The summed E-state index contributed by atoms with van der Waals surface area (Å²) in [6, 6.07) is 1.42. The second-order valence-corrected chi connectivity index (χ2v) is 4.65. The third kappa shape index (κ3) is 3.97. The summed E-state index contributed by atoms with van der Waals surface area (Å²) in [6.07, 6.45) is 3.35. The molecule has 0 spiro atoms. The van der Waals surface area contributed by atoms with Crippen molar-refractivity contribution < 1.29 is 0 Å². The van der Waals surface area contributed by atoms with E-state index in [1.807, 2.05) is 11.9 Å². The molecule has 0 bridgehead atoms. The number of anilines is 1. The van der Waals surface area contributed by atoms with Crippen LogP contribution < -0.4 is 15.8 Å². The zero-order valence-corrected chi connectivity index (χ0v) is 11.0. The second kappa shape index (κ2) is 6.55. The Balaban J connectivity index is 2.18. The molecule has 0 aliphatic heterocycles. The van der Waals surface area contributed by atoms with Gasteiger partial charge in [0.05, 0.1) is 5.69 Å². The molecule has 0 saturated heterocycles. The highest BCUT2D eigenvalue weighted by molar-refractivity contribution is 5.49. The van der Waals surface area contributed by atoms with Crippen molar-refractivity contribution in [1.29, 1.82) is 0 Å². The number of rotatable bonds is 8. The van der Waals surface area contributed by atoms with E-state index in [2.05, 4.69) is 18.9 Å². The molecule has 0 unspecified atom stereocenters. The van der Waals surface area contributed by atoms with E-state index in [-0.39, 0.29) is 10.9 Å². The number of hydrogen-bond donors (Lipinski definition) is 0. The van der Waals surface area contributed by atoms with Crippen molar-refractivity contribution >= 4 is 5.69 Å². The molecule has 0 fully saturated rings. The normalized spacial score (nSPS) is 11.3. The van der Waals surface area contributed by atoms with E-state index < -0.39 is 0 Å². The molecule has 4 heteroatoms. The fourth-order valence-electron chi connectivity index (χ4n) is 1.93. The smallest absolute Gasteiger partial charge is 0.249 e. The molecule has 96 valence electrons. The van der Waals surface area contributed by atoms with Gasteiger partial charge in [-0.05, 0) is 39.4 Å². The molecule has 0 aliphatic carbocycles. The summed E-state index contributed by atoms with van der Waals surface area (Å²) in [5, 5.41) is 0. The van der Waals surface area contributed by atoms with E-state index in [4.69, 9.17) is 0 Å². The van der Waals surface area contributed by atoms with E-state index in [0.29, 0.717) is 5.69 Å². The van der Waals surface area contributed by atoms with E-state index in [1.165, 1.54) is 12.5 Å². The zero-order chi connectivity index (χ0) is 12.8. The lowest BCUT2D eigenvalue weighted by atomic mass is 10.2. The van der Waals surface area contributed by atoms with Gasteiger partial charge in [0.1, 0.15) is 0 Å². The van der Waals surface area contributed by atoms with Gasteiger partial charge in [-0.15, -0.1) is 0 Å². The van der Waals surface area contributed by atoms with E-state index >= 15 is 0 Å². The fraction of sp³-hybridized carbons (Fsp3) is 0.692. The Morgan fingerprint density at radius 3 is 2.24 bits per heavy atom. The standard InChI is InChI=1S/C13H22N2O2/c1-4-7-14(2)8-5-6-9-15(3)11-10-12(16)13(11)17/h10H,4-9H2,1-3H3. The Morgan fingerprint density at radius 1 is 1.06 bits per heavy atom. The van der Waals surface area contributed by atoms with Crippen LogP contribution in [0.15, 0.2) is 15.7 Å². The summed E-state index contributed by atoms with van der Waals surface area (Å²) in [6.45, 7) is 5.24. The van der Waals surface area contributed by atoms with Gasteiger partial charge in [0.25, 0.3) is 0 Å². The molecule has 0 radical (unpaired) electrons. The van der Waals surface area contributed by atoms with Crippen molar-refractivity contribution in [3.05, 3.63) is 26.5 Å². The van der Waals surface area contributed by atoms with Crippen LogP contribution in [0.1, 0.15) is 26.2 Å². The topological polar surface area (TPSA) is 40.6 Å². The van der Waals surface area contributed by atoms with E-state index in [9.17, 15) is 9.59 Å². The average molecular weight is 238 g/mol. The third-order valence-electron chi connectivity index (χ3n) is 3.02. The lowest BCUT2D eigenvalue weighted by Gasteiger charge is -2.20. The van der Waals surface area contributed by atoms with Gasteiger partial charge in [-0.2, -0.15) is 0 Å². The minimum absolute atomic E-state index is 0.337. The molecular weight excluding hydrogens is 216 g/mol. The molecule has 0 amide bonds. The van der Waals surface area contributed by atoms with Crippen molar-refractivity contribution in [2.24, 2.45) is 0 Å². The summed E-state index contributed by atoms with van der Waals surface area (Å²) in [4.78, 5) is 26.1. The molecule has 0 saturated carbocycles. The molecule has 0 N–H and O–H groups in total. The SMILES string of the molecule is CCCN(C)CCCCN(C)c1cc(=O)c1=O. The molecule has 4 nitrogen and oxygen atoms in total. The van der Waals surface area contributed by atoms with E-state index in [1.54, 1.807) is 0 Å². The van der Waals surface area contributed by atoms with Crippen LogP contribution in [-0.4, -0.2) is 38.6 Å². The van der Waals surface area contributed by atoms with Gasteiger partial charge in [0.2, 0.25) is 10.9 Å². The lowest BCUT2D eigenvalue weighted by Crippen LogP contribution is -2.37. The first-order valence-electron chi connectivity index (χ1n) is 6.26. The number of hydrogen-bond acceptors (Lipinski definition) is 4. The average Bonchev–Trinajstić information content (AvgIpc) is 2.31. The number of nitrogens with zero attached hydrogens (tertiary/aromatic N) is 2. The van der Waals surface area contributed by atoms with Gasteiger partial charge in [0, 0.05) is 19.7 Å². The molecule has 1 aromatic rings. The minimum atomic E-state index is -0.366. The first-order chi connectivity index (χ1) is 8.06. The van der Waals surface area contributed by atoms with Gasteiger partial charge >= 0.3 is 0 Å². The van der Waals surface area contributed by atoms with Crippen LogP contribution in [0.25, 0.3) is 0 Å². The second-order valence-electron chi connectivity index (χ2n) is 4.65. The lowest BCUT2D eigenvalue weighted by molar-refractivity contribution is 0.327. The Kier molecular flexibility index (Phi) is 5.35. The van der Waals surface area contributed by atoms with Crippen LogP contribution in [0.2, 0.25) is 0 Å². The minimum Gasteiger partial charge on any atom is -0.371 e. The van der Waals surface area contributed by atoms with Crippen LogP contribution in [-0.2, 0) is 0 Å². The number of unbranched alkanes of at least 4 members (excludes halogenated alkanes) is 1. The van der Waals surface area contributed by atoms with Crippen molar-refractivity contribution in [3.8, 4) is 0 Å². The Bertz CT molecular complexity index is 407. The predicted octanol–water partition coefficient (Wildman–Crippen LogP) is 0.841. The molecule has 0 atom stereocenters. The van der Waals surface area contributed by atoms with Crippen LogP contribution in [0.4, 0.5) is 5.69 Å². The Labute approximate surface area is 103 Å². The molecular formula is C13H22N2O2. The highest BCUT2D eigenvalue weighted by Crippen LogP contribution is 2.05. The molecule has 0 heterocycles. The highest BCUT2D eigenvalue weighted by atomic mass is 16.2. The summed E-state index contributed by atoms with van der Waals surface area (Å²) < 4.78 is 0. The van der Waals surface area contributed by atoms with E-state index in [0.717, 1.165) is 32.5 Å². The van der Waals surface area contributed by atoms with Crippen LogP contribution in [0.5, 0.6) is 0 Å². The molecule has 0 aromatic heterocycles. The monoisotopic (exact) mass is 238 g/mol. The fourth-order valence-corrected chi connectivity index (χ4v) is 1.93. The summed E-state index contributed by atoms with van der Waals surface area (Å²) >= 11 is 0. The first-order valence-corrected chi connectivity index (χ1v) is 6.26.